The number of aromatic nitrogens is 3. The summed E-state index contributed by atoms with van der Waals surface area (Å²) < 4.78 is 22.3. The predicted octanol–water partition coefficient (Wildman–Crippen LogP) is 0.0138. The SMILES string of the molecule is [2H]C([2H])(O)[C@H]1O[C@@](C#N)(c2ccc3c(N)ncnn23)[C@H](O)[C@@H]1CC(=O)C(C)C. The van der Waals surface area contributed by atoms with Gasteiger partial charge in [0.25, 0.3) is 0 Å². The van der Waals surface area contributed by atoms with Crippen LogP contribution in [-0.4, -0.2) is 49.4 Å². The monoisotopic (exact) mass is 361 g/mol. The van der Waals surface area contributed by atoms with Gasteiger partial charge in [-0.2, -0.15) is 10.4 Å². The van der Waals surface area contributed by atoms with Crippen LogP contribution in [0.25, 0.3) is 5.52 Å². The van der Waals surface area contributed by atoms with Crippen molar-refractivity contribution in [2.75, 3.05) is 12.3 Å². The smallest absolute Gasteiger partial charge is 0.223 e. The fourth-order valence-corrected chi connectivity index (χ4v) is 3.23. The highest BCUT2D eigenvalue weighted by Gasteiger charge is 2.57. The van der Waals surface area contributed by atoms with Gasteiger partial charge in [0, 0.05) is 18.3 Å². The number of aliphatic hydroxyl groups is 2. The quantitative estimate of drug-likeness (QED) is 0.675. The van der Waals surface area contributed by atoms with Crippen LogP contribution in [0, 0.1) is 23.2 Å². The van der Waals surface area contributed by atoms with E-state index in [1.807, 2.05) is 6.07 Å². The molecule has 0 radical (unpaired) electrons. The number of rotatable bonds is 5. The van der Waals surface area contributed by atoms with Crippen LogP contribution in [0.5, 0.6) is 0 Å². The summed E-state index contributed by atoms with van der Waals surface area (Å²) in [5.74, 6) is -1.61. The number of aliphatic hydroxyl groups excluding tert-OH is 1. The molecule has 0 saturated carbocycles. The molecule has 4 N–H and O–H groups in total. The highest BCUT2D eigenvalue weighted by molar-refractivity contribution is 5.80. The highest BCUT2D eigenvalue weighted by atomic mass is 16.5. The van der Waals surface area contributed by atoms with Crippen LogP contribution < -0.4 is 5.73 Å². The largest absolute Gasteiger partial charge is 0.394 e. The number of ether oxygens (including phenoxy) is 1. The number of nitrogens with two attached hydrogens (primary N) is 1. The standard InChI is InChI=1S/C17H21N5O4/c1-9(2)12(24)5-10-13(6-23)26-17(7-18,15(10)25)14-4-3-11-16(19)20-8-21-22(11)14/h3-4,8-10,13,15,23,25H,5-6H2,1-2H3,(H2,19,20,21)/t10-,13-,15-,17+/m1/s1/i6D2. The molecule has 1 fully saturated rings. The van der Waals surface area contributed by atoms with E-state index in [2.05, 4.69) is 10.1 Å². The van der Waals surface area contributed by atoms with Crippen molar-refractivity contribution in [1.82, 2.24) is 14.6 Å². The Morgan fingerprint density at radius 3 is 2.96 bits per heavy atom. The molecule has 3 rings (SSSR count). The lowest BCUT2D eigenvalue weighted by Crippen LogP contribution is -2.39. The molecule has 1 aliphatic rings. The molecule has 2 aromatic rings. The Morgan fingerprint density at radius 1 is 1.62 bits per heavy atom. The second-order valence-corrected chi connectivity index (χ2v) is 6.61. The lowest BCUT2D eigenvalue weighted by atomic mass is 9.82. The zero-order valence-corrected chi connectivity index (χ0v) is 14.3. The van der Waals surface area contributed by atoms with E-state index in [9.17, 15) is 20.3 Å². The molecule has 3 heterocycles. The highest BCUT2D eigenvalue weighted by Crippen LogP contribution is 2.44. The second kappa shape index (κ2) is 6.64. The van der Waals surface area contributed by atoms with Crippen molar-refractivity contribution >= 4 is 17.1 Å². The Bertz CT molecular complexity index is 951. The van der Waals surface area contributed by atoms with Gasteiger partial charge in [0.15, 0.2) is 5.82 Å². The van der Waals surface area contributed by atoms with Gasteiger partial charge < -0.3 is 20.7 Å². The number of carbonyl (C=O) groups is 1. The lowest BCUT2D eigenvalue weighted by molar-refractivity contribution is -0.124. The van der Waals surface area contributed by atoms with E-state index in [-0.39, 0.29) is 29.6 Å². The van der Waals surface area contributed by atoms with E-state index in [4.69, 9.17) is 13.2 Å². The van der Waals surface area contributed by atoms with Gasteiger partial charge in [0.2, 0.25) is 5.60 Å². The molecule has 0 aromatic carbocycles. The Hall–Kier alpha value is -2.54. The molecule has 9 heteroatoms. The van der Waals surface area contributed by atoms with Crippen molar-refractivity contribution in [3.8, 4) is 6.07 Å². The summed E-state index contributed by atoms with van der Waals surface area (Å²) in [6.07, 6.45) is -2.29. The Morgan fingerprint density at radius 2 is 2.35 bits per heavy atom. The van der Waals surface area contributed by atoms with E-state index in [1.54, 1.807) is 13.8 Å². The third-order valence-corrected chi connectivity index (χ3v) is 4.76. The molecule has 0 unspecified atom stereocenters. The number of carbonyl (C=O) groups excluding carboxylic acids is 1. The summed E-state index contributed by atoms with van der Waals surface area (Å²) in [4.78, 5) is 16.1. The first kappa shape index (κ1) is 15.7. The third kappa shape index (κ3) is 2.63. The molecule has 2 aromatic heterocycles. The summed E-state index contributed by atoms with van der Waals surface area (Å²) in [6.45, 7) is 0.457. The van der Waals surface area contributed by atoms with E-state index in [0.29, 0.717) is 5.52 Å². The van der Waals surface area contributed by atoms with Gasteiger partial charge >= 0.3 is 0 Å². The summed E-state index contributed by atoms with van der Waals surface area (Å²) in [6, 6.07) is 4.89. The molecule has 138 valence electrons. The lowest BCUT2D eigenvalue weighted by Gasteiger charge is -2.25. The van der Waals surface area contributed by atoms with Gasteiger partial charge in [0.1, 0.15) is 29.8 Å². The first-order chi connectivity index (χ1) is 13.0. The summed E-state index contributed by atoms with van der Waals surface area (Å²) in [5.41, 5.74) is 4.21. The maximum Gasteiger partial charge on any atom is 0.223 e. The van der Waals surface area contributed by atoms with Crippen molar-refractivity contribution in [1.29, 1.82) is 5.26 Å². The van der Waals surface area contributed by atoms with E-state index in [1.165, 1.54) is 23.0 Å². The van der Waals surface area contributed by atoms with Gasteiger partial charge in [-0.05, 0) is 12.1 Å². The molecule has 1 aliphatic heterocycles. The molecule has 0 amide bonds. The van der Waals surface area contributed by atoms with Gasteiger partial charge in [-0.15, -0.1) is 0 Å². The number of hydrogen-bond donors (Lipinski definition) is 3. The average Bonchev–Trinajstić information content (AvgIpc) is 3.16. The van der Waals surface area contributed by atoms with Crippen molar-refractivity contribution in [2.24, 2.45) is 11.8 Å². The molecule has 26 heavy (non-hydrogen) atoms. The van der Waals surface area contributed by atoms with Crippen LogP contribution in [0.1, 0.15) is 28.7 Å². The number of nitrogens with zero attached hydrogens (tertiary/aromatic N) is 4. The number of fused-ring (bicyclic) bond motifs is 1. The topological polar surface area (TPSA) is 147 Å². The molecular formula is C17H21N5O4. The Labute approximate surface area is 152 Å². The first-order valence-corrected chi connectivity index (χ1v) is 8.14. The van der Waals surface area contributed by atoms with Crippen LogP contribution in [-0.2, 0) is 15.1 Å². The molecule has 0 spiro atoms. The molecular weight excluding hydrogens is 338 g/mol. The van der Waals surface area contributed by atoms with E-state index in [0.717, 1.165) is 0 Å². The van der Waals surface area contributed by atoms with Crippen LogP contribution in [0.15, 0.2) is 18.5 Å². The number of anilines is 1. The minimum absolute atomic E-state index is 0.0975. The number of ketones is 1. The number of Topliss-reactive ketones (excluding diaryl/α,β-unsaturated/α-hetero) is 1. The average molecular weight is 361 g/mol. The van der Waals surface area contributed by atoms with E-state index < -0.39 is 30.3 Å². The number of nitriles is 1. The van der Waals surface area contributed by atoms with Crippen LogP contribution in [0.3, 0.4) is 0 Å². The van der Waals surface area contributed by atoms with Gasteiger partial charge in [-0.25, -0.2) is 9.50 Å². The van der Waals surface area contributed by atoms with Gasteiger partial charge in [-0.3, -0.25) is 4.79 Å². The molecule has 9 nitrogen and oxygen atoms in total. The summed E-state index contributed by atoms with van der Waals surface area (Å²) in [5, 5.41) is 34.9. The predicted molar refractivity (Wildman–Crippen MR) is 90.6 cm³/mol. The van der Waals surface area contributed by atoms with E-state index >= 15 is 0 Å². The zero-order valence-electron chi connectivity index (χ0n) is 16.3. The third-order valence-electron chi connectivity index (χ3n) is 4.76. The van der Waals surface area contributed by atoms with Crippen LogP contribution >= 0.6 is 0 Å². The minimum Gasteiger partial charge on any atom is -0.394 e. The van der Waals surface area contributed by atoms with Crippen molar-refractivity contribution in [2.45, 2.75) is 38.1 Å². The van der Waals surface area contributed by atoms with Crippen LogP contribution in [0.2, 0.25) is 0 Å². The van der Waals surface area contributed by atoms with Crippen LogP contribution in [0.4, 0.5) is 5.82 Å². The van der Waals surface area contributed by atoms with Crippen molar-refractivity contribution in [3.05, 3.63) is 24.2 Å². The fraction of sp³-hybridized carbons (Fsp3) is 0.529. The maximum atomic E-state index is 12.3. The Kier molecular flexibility index (Phi) is 4.01. The molecule has 0 bridgehead atoms. The fourth-order valence-electron chi connectivity index (χ4n) is 3.23. The van der Waals surface area contributed by atoms with Gasteiger partial charge in [-0.1, -0.05) is 13.8 Å². The second-order valence-electron chi connectivity index (χ2n) is 6.61. The zero-order chi connectivity index (χ0) is 20.9. The van der Waals surface area contributed by atoms with Crippen molar-refractivity contribution in [3.63, 3.8) is 0 Å². The van der Waals surface area contributed by atoms with Crippen molar-refractivity contribution < 1.29 is 22.5 Å². The normalized spacial score (nSPS) is 30.2. The van der Waals surface area contributed by atoms with Gasteiger partial charge in [0.05, 0.1) is 21.1 Å². The molecule has 1 saturated heterocycles. The molecule has 0 aliphatic carbocycles. The summed E-state index contributed by atoms with van der Waals surface area (Å²) >= 11 is 0. The Balaban J connectivity index is 2.14. The molecule has 4 atom stereocenters. The number of nitrogen functional groups attached to an aromatic ring is 1. The maximum absolute atomic E-state index is 12.3. The first-order valence-electron chi connectivity index (χ1n) is 9.14. The summed E-state index contributed by atoms with van der Waals surface area (Å²) in [7, 11) is 0. The number of hydrogen-bond acceptors (Lipinski definition) is 8. The minimum atomic E-state index is -2.89.